The maximum atomic E-state index is 13.0. The van der Waals surface area contributed by atoms with E-state index in [1.807, 2.05) is 35.7 Å². The third kappa shape index (κ3) is 5.24. The molecule has 4 rings (SSSR count). The molecule has 0 atom stereocenters. The molecule has 32 heavy (non-hydrogen) atoms. The maximum Gasteiger partial charge on any atom is 0.243 e. The Hall–Kier alpha value is -2.59. The lowest BCUT2D eigenvalue weighted by Crippen LogP contribution is -2.48. The van der Waals surface area contributed by atoms with Gasteiger partial charge in [0.25, 0.3) is 0 Å². The van der Waals surface area contributed by atoms with E-state index in [1.165, 1.54) is 21.7 Å². The summed E-state index contributed by atoms with van der Waals surface area (Å²) >= 11 is 1.49. The van der Waals surface area contributed by atoms with Crippen molar-refractivity contribution in [1.82, 2.24) is 14.2 Å². The predicted molar refractivity (Wildman–Crippen MR) is 127 cm³/mol. The minimum absolute atomic E-state index is 0.124. The van der Waals surface area contributed by atoms with Crippen LogP contribution in [0.3, 0.4) is 0 Å². The quantitative estimate of drug-likeness (QED) is 0.573. The summed E-state index contributed by atoms with van der Waals surface area (Å²) in [6, 6.07) is 16.3. The lowest BCUT2D eigenvalue weighted by Gasteiger charge is -2.33. The number of aromatic nitrogens is 1. The van der Waals surface area contributed by atoms with Crippen LogP contribution in [0.25, 0.3) is 10.6 Å². The molecular weight excluding hydrogens is 444 g/mol. The fourth-order valence-electron chi connectivity index (χ4n) is 3.64. The van der Waals surface area contributed by atoms with Gasteiger partial charge in [-0.15, -0.1) is 11.3 Å². The number of benzene rings is 2. The number of anilines is 1. The smallest absolute Gasteiger partial charge is 0.243 e. The Morgan fingerprint density at radius 3 is 2.53 bits per heavy atom. The van der Waals surface area contributed by atoms with Crippen molar-refractivity contribution >= 4 is 33.0 Å². The number of amides is 1. The van der Waals surface area contributed by atoms with Gasteiger partial charge >= 0.3 is 0 Å². The first-order chi connectivity index (χ1) is 15.5. The van der Waals surface area contributed by atoms with Gasteiger partial charge < -0.3 is 10.2 Å². The molecule has 1 aliphatic heterocycles. The number of carbonyl (C=O) groups is 1. The Labute approximate surface area is 192 Å². The number of hydrogen-bond acceptors (Lipinski definition) is 6. The monoisotopic (exact) mass is 470 g/mol. The van der Waals surface area contributed by atoms with E-state index in [2.05, 4.69) is 22.1 Å². The van der Waals surface area contributed by atoms with Gasteiger partial charge in [0, 0.05) is 42.8 Å². The van der Waals surface area contributed by atoms with Crippen LogP contribution in [-0.2, 0) is 21.2 Å². The van der Waals surface area contributed by atoms with Crippen LogP contribution < -0.4 is 5.32 Å². The number of sulfonamides is 1. The number of rotatable bonds is 7. The van der Waals surface area contributed by atoms with E-state index in [-0.39, 0.29) is 17.2 Å². The largest absolute Gasteiger partial charge is 0.326 e. The van der Waals surface area contributed by atoms with Gasteiger partial charge in [0.15, 0.2) is 0 Å². The zero-order chi connectivity index (χ0) is 22.6. The molecule has 1 saturated heterocycles. The summed E-state index contributed by atoms with van der Waals surface area (Å²) in [6.07, 6.45) is 0.124. The summed E-state index contributed by atoms with van der Waals surface area (Å²) in [5.74, 6) is -0.235. The summed E-state index contributed by atoms with van der Waals surface area (Å²) in [5, 5.41) is 5.54. The van der Waals surface area contributed by atoms with Crippen LogP contribution in [-0.4, -0.2) is 61.2 Å². The molecule has 3 aromatic rings. The molecule has 0 bridgehead atoms. The van der Waals surface area contributed by atoms with E-state index in [0.717, 1.165) is 30.2 Å². The van der Waals surface area contributed by atoms with Crippen LogP contribution in [0.2, 0.25) is 0 Å². The summed E-state index contributed by atoms with van der Waals surface area (Å²) < 4.78 is 27.6. The van der Waals surface area contributed by atoms with Gasteiger partial charge in [-0.1, -0.05) is 43.3 Å². The number of piperazine rings is 1. The minimum atomic E-state index is -3.59. The standard InChI is InChI=1S/C23H26N4O3S2/c1-2-26-11-13-27(14-12-26)32(29,30)21-10-6-9-19(15-21)24-22(28)16-20-17-31-23(25-20)18-7-4-3-5-8-18/h3-10,15,17H,2,11-14,16H2,1H3,(H,24,28). The van der Waals surface area contributed by atoms with Crippen LogP contribution in [0.15, 0.2) is 64.9 Å². The van der Waals surface area contributed by atoms with Gasteiger partial charge in [-0.2, -0.15) is 4.31 Å². The first kappa shape index (κ1) is 22.6. The third-order valence-electron chi connectivity index (χ3n) is 5.45. The highest BCUT2D eigenvalue weighted by molar-refractivity contribution is 7.89. The average molecular weight is 471 g/mol. The van der Waals surface area contributed by atoms with Crippen molar-refractivity contribution in [2.75, 3.05) is 38.0 Å². The Morgan fingerprint density at radius 1 is 1.06 bits per heavy atom. The molecule has 0 unspecified atom stereocenters. The van der Waals surface area contributed by atoms with E-state index < -0.39 is 10.0 Å². The van der Waals surface area contributed by atoms with Gasteiger partial charge in [-0.3, -0.25) is 4.79 Å². The van der Waals surface area contributed by atoms with Gasteiger partial charge in [-0.25, -0.2) is 13.4 Å². The van der Waals surface area contributed by atoms with Crippen molar-refractivity contribution in [3.63, 3.8) is 0 Å². The second-order valence-corrected chi connectivity index (χ2v) is 10.4. The topological polar surface area (TPSA) is 82.6 Å². The summed E-state index contributed by atoms with van der Waals surface area (Å²) in [4.78, 5) is 19.5. The fraction of sp³-hybridized carbons (Fsp3) is 0.304. The van der Waals surface area contributed by atoms with Crippen molar-refractivity contribution in [2.24, 2.45) is 0 Å². The van der Waals surface area contributed by atoms with Gasteiger partial charge in [0.05, 0.1) is 17.0 Å². The maximum absolute atomic E-state index is 13.0. The Morgan fingerprint density at radius 2 is 1.81 bits per heavy atom. The number of nitrogens with zero attached hydrogens (tertiary/aromatic N) is 3. The van der Waals surface area contributed by atoms with Crippen LogP contribution in [0, 0.1) is 0 Å². The Balaban J connectivity index is 1.41. The van der Waals surface area contributed by atoms with E-state index in [0.29, 0.717) is 24.5 Å². The molecule has 1 aromatic heterocycles. The number of likely N-dealkylation sites (N-methyl/N-ethyl adjacent to an activating group) is 1. The minimum Gasteiger partial charge on any atom is -0.326 e. The highest BCUT2D eigenvalue weighted by atomic mass is 32.2. The normalized spacial score (nSPS) is 15.5. The van der Waals surface area contributed by atoms with Crippen LogP contribution in [0.5, 0.6) is 0 Å². The first-order valence-corrected chi connectivity index (χ1v) is 12.9. The molecule has 2 aromatic carbocycles. The Bertz CT molecular complexity index is 1170. The Kier molecular flexibility index (Phi) is 7.00. The lowest BCUT2D eigenvalue weighted by atomic mass is 10.2. The van der Waals surface area contributed by atoms with Crippen molar-refractivity contribution < 1.29 is 13.2 Å². The predicted octanol–water partition coefficient (Wildman–Crippen LogP) is 3.32. The first-order valence-electron chi connectivity index (χ1n) is 10.6. The second kappa shape index (κ2) is 9.91. The molecule has 0 saturated carbocycles. The summed E-state index contributed by atoms with van der Waals surface area (Å²) in [6.45, 7) is 5.39. The van der Waals surface area contributed by atoms with Crippen molar-refractivity contribution in [3.05, 3.63) is 65.7 Å². The molecule has 0 aliphatic carbocycles. The molecule has 1 aliphatic rings. The molecule has 0 spiro atoms. The number of nitrogens with one attached hydrogen (secondary N) is 1. The van der Waals surface area contributed by atoms with Gasteiger partial charge in [0.1, 0.15) is 5.01 Å². The van der Waals surface area contributed by atoms with E-state index in [4.69, 9.17) is 0 Å². The zero-order valence-electron chi connectivity index (χ0n) is 17.9. The number of hydrogen-bond donors (Lipinski definition) is 1. The second-order valence-electron chi connectivity index (χ2n) is 7.60. The van der Waals surface area contributed by atoms with Crippen molar-refractivity contribution in [2.45, 2.75) is 18.2 Å². The van der Waals surface area contributed by atoms with Crippen molar-refractivity contribution in [3.8, 4) is 10.6 Å². The molecular formula is C23H26N4O3S2. The van der Waals surface area contributed by atoms with E-state index in [9.17, 15) is 13.2 Å². The van der Waals surface area contributed by atoms with Crippen LogP contribution in [0.1, 0.15) is 12.6 Å². The molecule has 1 N–H and O–H groups in total. The summed E-state index contributed by atoms with van der Waals surface area (Å²) in [7, 11) is -3.59. The van der Waals surface area contributed by atoms with Gasteiger partial charge in [0.2, 0.25) is 15.9 Å². The SMILES string of the molecule is CCN1CCN(S(=O)(=O)c2cccc(NC(=O)Cc3csc(-c4ccccc4)n3)c2)CC1. The molecule has 1 fully saturated rings. The fourth-order valence-corrected chi connectivity index (χ4v) is 5.94. The van der Waals surface area contributed by atoms with Gasteiger partial charge in [-0.05, 0) is 24.7 Å². The van der Waals surface area contributed by atoms with Crippen LogP contribution in [0.4, 0.5) is 5.69 Å². The molecule has 2 heterocycles. The van der Waals surface area contributed by atoms with Crippen LogP contribution >= 0.6 is 11.3 Å². The molecule has 168 valence electrons. The molecule has 7 nitrogen and oxygen atoms in total. The number of thiazole rings is 1. The lowest BCUT2D eigenvalue weighted by molar-refractivity contribution is -0.115. The van der Waals surface area contributed by atoms with E-state index in [1.54, 1.807) is 18.2 Å². The number of carbonyl (C=O) groups excluding carboxylic acids is 1. The highest BCUT2D eigenvalue weighted by Crippen LogP contribution is 2.24. The average Bonchev–Trinajstić information content (AvgIpc) is 3.28. The van der Waals surface area contributed by atoms with Crippen molar-refractivity contribution in [1.29, 1.82) is 0 Å². The third-order valence-corrected chi connectivity index (χ3v) is 8.28. The highest BCUT2D eigenvalue weighted by Gasteiger charge is 2.28. The summed E-state index contributed by atoms with van der Waals surface area (Å²) in [5.41, 5.74) is 2.16. The molecule has 1 amide bonds. The zero-order valence-corrected chi connectivity index (χ0v) is 19.5. The molecule has 9 heteroatoms. The molecule has 0 radical (unpaired) electrons. The van der Waals surface area contributed by atoms with E-state index >= 15 is 0 Å².